The van der Waals surface area contributed by atoms with E-state index in [9.17, 15) is 18.0 Å². The van der Waals surface area contributed by atoms with Crippen LogP contribution in [0.4, 0.5) is 18.0 Å². The summed E-state index contributed by atoms with van der Waals surface area (Å²) < 4.78 is 44.0. The molecule has 1 amide bonds. The summed E-state index contributed by atoms with van der Waals surface area (Å²) in [6.45, 7) is -0.268. The molecule has 1 fully saturated rings. The highest BCUT2D eigenvalue weighted by molar-refractivity contribution is 8.00. The van der Waals surface area contributed by atoms with Crippen molar-refractivity contribution in [2.45, 2.75) is 11.4 Å². The van der Waals surface area contributed by atoms with Gasteiger partial charge in [0.05, 0.1) is 0 Å². The highest BCUT2D eigenvalue weighted by Gasteiger charge is 2.58. The van der Waals surface area contributed by atoms with E-state index in [1.54, 1.807) is 18.2 Å². The first-order valence-electron chi connectivity index (χ1n) is 5.38. The summed E-state index contributed by atoms with van der Waals surface area (Å²) in [7, 11) is 0. The molecule has 1 unspecified atom stereocenters. The number of amides is 1. The topological polar surface area (TPSA) is 55.6 Å². The van der Waals surface area contributed by atoms with Crippen LogP contribution in [0.5, 0.6) is 0 Å². The van der Waals surface area contributed by atoms with Crippen molar-refractivity contribution in [2.75, 3.05) is 12.3 Å². The van der Waals surface area contributed by atoms with Crippen molar-refractivity contribution in [2.24, 2.45) is 5.73 Å². The van der Waals surface area contributed by atoms with E-state index in [0.717, 1.165) is 11.8 Å². The van der Waals surface area contributed by atoms with Crippen LogP contribution in [0.1, 0.15) is 5.56 Å². The van der Waals surface area contributed by atoms with Gasteiger partial charge >= 0.3 is 12.4 Å². The van der Waals surface area contributed by atoms with Gasteiger partial charge in [-0.15, -0.1) is 0 Å². The van der Waals surface area contributed by atoms with E-state index in [-0.39, 0.29) is 22.8 Å². The molecule has 1 heterocycles. The van der Waals surface area contributed by atoms with Crippen LogP contribution in [0.25, 0.3) is 0 Å². The van der Waals surface area contributed by atoms with Crippen molar-refractivity contribution in [1.29, 1.82) is 0 Å². The lowest BCUT2D eigenvalue weighted by Crippen LogP contribution is -2.51. The van der Waals surface area contributed by atoms with E-state index < -0.39 is 17.5 Å². The average Bonchev–Trinajstić information content (AvgIpc) is 2.74. The highest BCUT2D eigenvalue weighted by Crippen LogP contribution is 2.50. The van der Waals surface area contributed by atoms with E-state index >= 15 is 0 Å². The number of carbonyl (C=O) groups excluding carboxylic acids is 1. The molecule has 0 aromatic heterocycles. The number of hydrogen-bond acceptors (Lipinski definition) is 4. The lowest BCUT2D eigenvalue weighted by molar-refractivity contribution is -0.289. The molecule has 8 heteroatoms. The third-order valence-electron chi connectivity index (χ3n) is 2.65. The van der Waals surface area contributed by atoms with Gasteiger partial charge in [-0.1, -0.05) is 42.1 Å². The van der Waals surface area contributed by atoms with Crippen LogP contribution in [0.2, 0.25) is 0 Å². The summed E-state index contributed by atoms with van der Waals surface area (Å²) in [5, 5.41) is -1.94. The molecule has 2 N–H and O–H groups in total. The third-order valence-corrected chi connectivity index (χ3v) is 3.97. The first-order valence-corrected chi connectivity index (χ1v) is 6.37. The van der Waals surface area contributed by atoms with Gasteiger partial charge in [0.15, 0.2) is 0 Å². The molecule has 4 nitrogen and oxygen atoms in total. The summed E-state index contributed by atoms with van der Waals surface area (Å²) in [6.07, 6.45) is -5.86. The maximum Gasteiger partial charge on any atom is 0.464 e. The van der Waals surface area contributed by atoms with Crippen molar-refractivity contribution in [3.8, 4) is 0 Å². The van der Waals surface area contributed by atoms with Gasteiger partial charge in [-0.05, 0) is 0 Å². The van der Waals surface area contributed by atoms with Gasteiger partial charge in [-0.25, -0.2) is 4.79 Å². The Balaban J connectivity index is 2.49. The molecular formula is C11H11F3N2O2S. The molecule has 1 atom stereocenters. The molecule has 19 heavy (non-hydrogen) atoms. The number of carbonyl (C=O) groups is 1. The second-order valence-corrected chi connectivity index (χ2v) is 5.09. The fraction of sp³-hybridized carbons (Fsp3) is 0.364. The maximum atomic E-state index is 13.1. The van der Waals surface area contributed by atoms with E-state index in [0.29, 0.717) is 0 Å². The largest absolute Gasteiger partial charge is 0.464 e. The number of benzene rings is 1. The monoisotopic (exact) mass is 292 g/mol. The van der Waals surface area contributed by atoms with Gasteiger partial charge in [0, 0.05) is 17.9 Å². The van der Waals surface area contributed by atoms with Gasteiger partial charge in [0.2, 0.25) is 5.06 Å². The van der Waals surface area contributed by atoms with Gasteiger partial charge in [0.1, 0.15) is 0 Å². The number of nitrogens with zero attached hydrogens (tertiary/aromatic N) is 1. The highest BCUT2D eigenvalue weighted by atomic mass is 32.2. The van der Waals surface area contributed by atoms with E-state index in [2.05, 4.69) is 0 Å². The molecule has 0 saturated carbocycles. The van der Waals surface area contributed by atoms with Crippen LogP contribution < -0.4 is 5.73 Å². The predicted molar refractivity (Wildman–Crippen MR) is 64.0 cm³/mol. The van der Waals surface area contributed by atoms with Gasteiger partial charge < -0.3 is 10.5 Å². The zero-order valence-electron chi connectivity index (χ0n) is 9.68. The Morgan fingerprint density at radius 2 is 2.00 bits per heavy atom. The van der Waals surface area contributed by atoms with E-state index in [1.807, 2.05) is 0 Å². The number of primary amides is 1. The maximum absolute atomic E-state index is 13.1. The third kappa shape index (κ3) is 2.64. The van der Waals surface area contributed by atoms with Crippen LogP contribution in [-0.4, -0.2) is 29.6 Å². The summed E-state index contributed by atoms with van der Waals surface area (Å²) in [4.78, 5) is 11.2. The molecule has 1 aromatic carbocycles. The van der Waals surface area contributed by atoms with Gasteiger partial charge in [0.25, 0.3) is 0 Å². The fourth-order valence-electron chi connectivity index (χ4n) is 1.96. The molecule has 0 radical (unpaired) electrons. The molecule has 2 rings (SSSR count). The number of alkyl halides is 3. The van der Waals surface area contributed by atoms with Gasteiger partial charge in [-0.2, -0.15) is 18.1 Å². The number of nitrogens with two attached hydrogens (primary N) is 1. The summed E-state index contributed by atoms with van der Waals surface area (Å²) in [5.41, 5.74) is 5.16. The van der Waals surface area contributed by atoms with Crippen molar-refractivity contribution in [1.82, 2.24) is 4.90 Å². The van der Waals surface area contributed by atoms with E-state index in [4.69, 9.17) is 10.5 Å². The quantitative estimate of drug-likeness (QED) is 0.851. The number of hydrogen-bond donors (Lipinski definition) is 1. The standard InChI is InChI=1S/C11H11F3N2O2S/c12-11(13,14)16-6-7-19-10(16,18-9(15)17)8-4-2-1-3-5-8/h1-5H,6-7H2,(H2,15,17). The number of ether oxygens (including phenoxy) is 1. The smallest absolute Gasteiger partial charge is 0.413 e. The molecule has 1 saturated heterocycles. The van der Waals surface area contributed by atoms with Crippen molar-refractivity contribution >= 4 is 17.9 Å². The number of rotatable bonds is 2. The van der Waals surface area contributed by atoms with E-state index in [1.165, 1.54) is 12.1 Å². The SMILES string of the molecule is NC(=O)OC1(c2ccccc2)SCCN1C(F)(F)F. The molecular weight excluding hydrogens is 281 g/mol. The fourth-order valence-corrected chi connectivity index (χ4v) is 3.31. The van der Waals surface area contributed by atoms with Crippen LogP contribution in [-0.2, 0) is 9.79 Å². The first kappa shape index (κ1) is 14.0. The molecule has 1 aromatic rings. The number of halogens is 3. The summed E-state index contributed by atoms with van der Waals surface area (Å²) in [5.74, 6) is 0.182. The molecule has 0 bridgehead atoms. The molecule has 0 spiro atoms. The van der Waals surface area contributed by atoms with Crippen molar-refractivity contribution in [3.05, 3.63) is 35.9 Å². The molecule has 0 aliphatic carbocycles. The summed E-state index contributed by atoms with van der Waals surface area (Å²) >= 11 is 0.889. The Kier molecular flexibility index (Phi) is 3.64. The Bertz CT molecular complexity index is 469. The minimum Gasteiger partial charge on any atom is -0.413 e. The van der Waals surface area contributed by atoms with Gasteiger partial charge in [-0.3, -0.25) is 0 Å². The lowest BCUT2D eigenvalue weighted by Gasteiger charge is -2.36. The van der Waals surface area contributed by atoms with Crippen LogP contribution in [0, 0.1) is 0 Å². The zero-order chi connectivity index (χ0) is 14.1. The average molecular weight is 292 g/mol. The first-order chi connectivity index (χ1) is 8.86. The second kappa shape index (κ2) is 4.93. The van der Waals surface area contributed by atoms with Crippen LogP contribution >= 0.6 is 11.8 Å². The molecule has 1 aliphatic rings. The zero-order valence-corrected chi connectivity index (χ0v) is 10.5. The van der Waals surface area contributed by atoms with Crippen molar-refractivity contribution in [3.63, 3.8) is 0 Å². The molecule has 104 valence electrons. The lowest BCUT2D eigenvalue weighted by atomic mass is 10.2. The normalized spacial score (nSPS) is 24.4. The molecule has 1 aliphatic heterocycles. The van der Waals surface area contributed by atoms with Crippen LogP contribution in [0.15, 0.2) is 30.3 Å². The Morgan fingerprint density at radius 1 is 1.37 bits per heavy atom. The van der Waals surface area contributed by atoms with Crippen LogP contribution in [0.3, 0.4) is 0 Å². The van der Waals surface area contributed by atoms with Crippen molar-refractivity contribution < 1.29 is 22.7 Å². The number of thioether (sulfide) groups is 1. The Labute approximate surface area is 111 Å². The summed E-state index contributed by atoms with van der Waals surface area (Å²) in [6, 6.07) is 7.77. The Hall–Kier alpha value is -1.41. The minimum absolute atomic E-state index is 0.182. The second-order valence-electron chi connectivity index (χ2n) is 3.84. The predicted octanol–water partition coefficient (Wildman–Crippen LogP) is 2.46. The minimum atomic E-state index is -4.62. The Morgan fingerprint density at radius 3 is 2.53 bits per heavy atom.